The van der Waals surface area contributed by atoms with Crippen molar-refractivity contribution in [2.24, 2.45) is 5.92 Å². The quantitative estimate of drug-likeness (QED) is 0.874. The van der Waals surface area contributed by atoms with E-state index in [1.807, 2.05) is 13.8 Å². The molecular formula is C17H30N4O2. The van der Waals surface area contributed by atoms with Crippen LogP contribution in [0, 0.1) is 19.8 Å². The van der Waals surface area contributed by atoms with Gasteiger partial charge in [-0.15, -0.1) is 0 Å². The van der Waals surface area contributed by atoms with Crippen LogP contribution in [0.3, 0.4) is 0 Å². The number of urea groups is 1. The molecule has 0 unspecified atom stereocenters. The van der Waals surface area contributed by atoms with Crippen LogP contribution in [0.4, 0.5) is 4.79 Å². The number of aryl methyl sites for hydroxylation is 2. The molecular weight excluding hydrogens is 292 g/mol. The molecule has 1 aromatic rings. The normalized spacial score (nSPS) is 24.7. The topological polar surface area (TPSA) is 70.4 Å². The summed E-state index contributed by atoms with van der Waals surface area (Å²) in [5.74, 6) is 1.46. The molecule has 0 aliphatic heterocycles. The number of aromatic nitrogens is 1. The first kappa shape index (κ1) is 17.8. The average molecular weight is 322 g/mol. The second-order valence-electron chi connectivity index (χ2n) is 7.16. The molecule has 0 bridgehead atoms. The molecule has 2 N–H and O–H groups in total. The van der Waals surface area contributed by atoms with E-state index in [1.54, 1.807) is 0 Å². The first-order chi connectivity index (χ1) is 10.8. The lowest BCUT2D eigenvalue weighted by Gasteiger charge is -2.45. The summed E-state index contributed by atoms with van der Waals surface area (Å²) in [6.07, 6.45) is 4.77. The van der Waals surface area contributed by atoms with Gasteiger partial charge in [0.15, 0.2) is 0 Å². The highest BCUT2D eigenvalue weighted by Crippen LogP contribution is 2.35. The van der Waals surface area contributed by atoms with E-state index in [9.17, 15) is 4.79 Å². The molecule has 0 spiro atoms. The van der Waals surface area contributed by atoms with Gasteiger partial charge in [-0.3, -0.25) is 0 Å². The van der Waals surface area contributed by atoms with E-state index in [1.165, 1.54) is 12.8 Å². The van der Waals surface area contributed by atoms with Gasteiger partial charge in [-0.25, -0.2) is 4.79 Å². The van der Waals surface area contributed by atoms with Crippen molar-refractivity contribution >= 4 is 6.03 Å². The maximum absolute atomic E-state index is 12.2. The number of carbonyl (C=O) groups is 1. The van der Waals surface area contributed by atoms with Crippen molar-refractivity contribution in [1.29, 1.82) is 0 Å². The van der Waals surface area contributed by atoms with Gasteiger partial charge in [0.2, 0.25) is 0 Å². The van der Waals surface area contributed by atoms with Gasteiger partial charge in [0.25, 0.3) is 0 Å². The predicted octanol–water partition coefficient (Wildman–Crippen LogP) is 2.60. The van der Waals surface area contributed by atoms with Crippen molar-refractivity contribution in [1.82, 2.24) is 20.7 Å². The van der Waals surface area contributed by atoms with E-state index in [-0.39, 0.29) is 11.6 Å². The summed E-state index contributed by atoms with van der Waals surface area (Å²) in [6, 6.07) is -0.135. The van der Waals surface area contributed by atoms with Crippen molar-refractivity contribution in [2.45, 2.75) is 58.5 Å². The minimum atomic E-state index is -0.135. The third kappa shape index (κ3) is 4.25. The Bertz CT molecular complexity index is 521. The molecule has 1 saturated carbocycles. The number of amides is 2. The van der Waals surface area contributed by atoms with E-state index in [2.05, 4.69) is 41.7 Å². The van der Waals surface area contributed by atoms with Crippen LogP contribution in [-0.4, -0.2) is 42.3 Å². The van der Waals surface area contributed by atoms with Gasteiger partial charge in [0.05, 0.1) is 5.69 Å². The van der Waals surface area contributed by atoms with E-state index in [4.69, 9.17) is 4.52 Å². The van der Waals surface area contributed by atoms with Crippen LogP contribution in [-0.2, 0) is 6.54 Å². The number of rotatable bonds is 5. The van der Waals surface area contributed by atoms with Crippen molar-refractivity contribution in [2.75, 3.05) is 20.6 Å². The monoisotopic (exact) mass is 322 g/mol. The van der Waals surface area contributed by atoms with Crippen LogP contribution in [0.5, 0.6) is 0 Å². The number of carbonyl (C=O) groups excluding carboxylic acids is 1. The largest absolute Gasteiger partial charge is 0.361 e. The third-order valence-corrected chi connectivity index (χ3v) is 5.20. The summed E-state index contributed by atoms with van der Waals surface area (Å²) in [5.41, 5.74) is 1.85. The van der Waals surface area contributed by atoms with Crippen LogP contribution in [0.1, 0.15) is 49.6 Å². The van der Waals surface area contributed by atoms with Gasteiger partial charge in [0.1, 0.15) is 5.76 Å². The fourth-order valence-corrected chi connectivity index (χ4v) is 3.59. The summed E-state index contributed by atoms with van der Waals surface area (Å²) < 4.78 is 5.11. The Morgan fingerprint density at radius 3 is 2.70 bits per heavy atom. The Kier molecular flexibility index (Phi) is 5.68. The van der Waals surface area contributed by atoms with E-state index >= 15 is 0 Å². The molecule has 0 aromatic carbocycles. The molecule has 1 aliphatic carbocycles. The first-order valence-corrected chi connectivity index (χ1v) is 8.45. The van der Waals surface area contributed by atoms with Gasteiger partial charge >= 0.3 is 6.03 Å². The molecule has 6 nitrogen and oxygen atoms in total. The van der Waals surface area contributed by atoms with Crippen molar-refractivity contribution < 1.29 is 9.32 Å². The van der Waals surface area contributed by atoms with Gasteiger partial charge in [0, 0.05) is 24.2 Å². The van der Waals surface area contributed by atoms with Gasteiger partial charge in [-0.2, -0.15) is 0 Å². The first-order valence-electron chi connectivity index (χ1n) is 8.45. The molecule has 1 aliphatic rings. The maximum Gasteiger partial charge on any atom is 0.315 e. The molecule has 6 heteroatoms. The molecule has 2 atom stereocenters. The predicted molar refractivity (Wildman–Crippen MR) is 90.3 cm³/mol. The van der Waals surface area contributed by atoms with E-state index < -0.39 is 0 Å². The summed E-state index contributed by atoms with van der Waals surface area (Å²) in [4.78, 5) is 14.4. The second kappa shape index (κ2) is 7.34. The molecule has 130 valence electrons. The third-order valence-electron chi connectivity index (χ3n) is 5.20. The average Bonchev–Trinajstić information content (AvgIpc) is 2.82. The summed E-state index contributed by atoms with van der Waals surface area (Å²) in [6.45, 7) is 7.17. The van der Waals surface area contributed by atoms with Crippen LogP contribution in [0.15, 0.2) is 4.52 Å². The maximum atomic E-state index is 12.2. The minimum absolute atomic E-state index is 0.0675. The molecule has 0 saturated heterocycles. The van der Waals surface area contributed by atoms with Crippen LogP contribution in [0.25, 0.3) is 0 Å². The zero-order valence-electron chi connectivity index (χ0n) is 15.0. The zero-order valence-corrected chi connectivity index (χ0v) is 15.0. The Morgan fingerprint density at radius 1 is 1.39 bits per heavy atom. The molecule has 1 heterocycles. The number of nitrogens with one attached hydrogen (secondary N) is 2. The summed E-state index contributed by atoms with van der Waals surface area (Å²) in [5, 5.41) is 9.86. The number of hydrogen-bond acceptors (Lipinski definition) is 4. The fourth-order valence-electron chi connectivity index (χ4n) is 3.59. The Labute approximate surface area is 139 Å². The molecule has 1 aromatic heterocycles. The summed E-state index contributed by atoms with van der Waals surface area (Å²) in [7, 11) is 4.23. The minimum Gasteiger partial charge on any atom is -0.361 e. The lowest BCUT2D eigenvalue weighted by molar-refractivity contribution is 0.0773. The number of nitrogens with zero attached hydrogens (tertiary/aromatic N) is 2. The van der Waals surface area contributed by atoms with Crippen molar-refractivity contribution in [3.8, 4) is 0 Å². The fraction of sp³-hybridized carbons (Fsp3) is 0.765. The van der Waals surface area contributed by atoms with Crippen molar-refractivity contribution in [3.63, 3.8) is 0 Å². The highest BCUT2D eigenvalue weighted by atomic mass is 16.5. The van der Waals surface area contributed by atoms with E-state index in [0.717, 1.165) is 29.9 Å². The van der Waals surface area contributed by atoms with Crippen molar-refractivity contribution in [3.05, 3.63) is 17.0 Å². The molecule has 1 fully saturated rings. The summed E-state index contributed by atoms with van der Waals surface area (Å²) >= 11 is 0. The smallest absolute Gasteiger partial charge is 0.315 e. The van der Waals surface area contributed by atoms with Gasteiger partial charge in [-0.05, 0) is 46.7 Å². The van der Waals surface area contributed by atoms with Crippen LogP contribution in [0.2, 0.25) is 0 Å². The molecule has 23 heavy (non-hydrogen) atoms. The van der Waals surface area contributed by atoms with Gasteiger partial charge in [-0.1, -0.05) is 24.9 Å². The zero-order chi connectivity index (χ0) is 17.0. The van der Waals surface area contributed by atoms with Gasteiger partial charge < -0.3 is 20.1 Å². The lowest BCUT2D eigenvalue weighted by Crippen LogP contribution is -2.56. The molecule has 2 amide bonds. The standard InChI is InChI=1S/C17H30N4O2/c1-12-7-6-8-17(9-12,21(4)5)11-19-16(22)18-10-15-13(2)20-23-14(15)3/h12H,6-11H2,1-5H3,(H2,18,19,22)/t12-,17-/m1/s1. The highest BCUT2D eigenvalue weighted by Gasteiger charge is 2.37. The Hall–Kier alpha value is -1.56. The molecule has 2 rings (SSSR count). The second-order valence-corrected chi connectivity index (χ2v) is 7.16. The van der Waals surface area contributed by atoms with E-state index in [0.29, 0.717) is 19.0 Å². The molecule has 0 radical (unpaired) electrons. The Morgan fingerprint density at radius 2 is 2.13 bits per heavy atom. The van der Waals surface area contributed by atoms with Crippen LogP contribution >= 0.6 is 0 Å². The lowest BCUT2D eigenvalue weighted by atomic mass is 9.75. The number of likely N-dealkylation sites (N-methyl/N-ethyl adjacent to an activating group) is 1. The Balaban J connectivity index is 1.87. The van der Waals surface area contributed by atoms with Crippen LogP contribution < -0.4 is 10.6 Å². The number of hydrogen-bond donors (Lipinski definition) is 2. The SMILES string of the molecule is Cc1noc(C)c1CNC(=O)NC[C@@]1(N(C)C)CCC[C@@H](C)C1. The highest BCUT2D eigenvalue weighted by molar-refractivity contribution is 5.74.